The van der Waals surface area contributed by atoms with Gasteiger partial charge in [0.1, 0.15) is 12.4 Å². The third-order valence-corrected chi connectivity index (χ3v) is 10.3. The lowest BCUT2D eigenvalue weighted by Gasteiger charge is -2.07. The molecule has 0 aromatic carbocycles. The van der Waals surface area contributed by atoms with Gasteiger partial charge in [0.05, 0.1) is 13.1 Å². The summed E-state index contributed by atoms with van der Waals surface area (Å²) in [6.07, 6.45) is 54.8. The molecule has 1 heterocycles. The van der Waals surface area contributed by atoms with Crippen molar-refractivity contribution in [2.75, 3.05) is 0 Å². The van der Waals surface area contributed by atoms with Gasteiger partial charge in [0, 0.05) is 6.42 Å². The fourth-order valence-electron chi connectivity index (χ4n) is 7.21. The summed E-state index contributed by atoms with van der Waals surface area (Å²) < 4.78 is 5.28. The number of hydrogen-bond acceptors (Lipinski definition) is 0. The van der Waals surface area contributed by atoms with E-state index in [0.29, 0.717) is 0 Å². The third-order valence-electron chi connectivity index (χ3n) is 10.3. The van der Waals surface area contributed by atoms with E-state index in [-0.39, 0.29) is 0 Å². The van der Waals surface area contributed by atoms with Crippen LogP contribution < -0.4 is 4.57 Å². The molecule has 0 saturated heterocycles. The van der Waals surface area contributed by atoms with Crippen molar-refractivity contribution < 1.29 is 4.57 Å². The molecule has 0 amide bonds. The van der Waals surface area contributed by atoms with Crippen molar-refractivity contribution in [1.29, 1.82) is 0 Å². The summed E-state index contributed by atoms with van der Waals surface area (Å²) in [4.78, 5) is 0. The quantitative estimate of drug-likeness (QED) is 0.0511. The Morgan fingerprint density at radius 1 is 0.378 bits per heavy atom. The Balaban J connectivity index is 2.28. The highest BCUT2D eigenvalue weighted by Gasteiger charge is 2.16. The summed E-state index contributed by atoms with van der Waals surface area (Å²) in [7, 11) is 0. The highest BCUT2D eigenvalue weighted by Crippen LogP contribution is 2.16. The Kier molecular flexibility index (Phi) is 32.4. The SMILES string of the molecule is CCCCCCCCCCCCCCCn1cc[n+](CCCCCCCCCCCCCC)c1CCCCCCCCCCC. The molecular formula is C43H85N2+. The van der Waals surface area contributed by atoms with Crippen molar-refractivity contribution >= 4 is 0 Å². The number of rotatable bonds is 37. The number of hydrogen-bond donors (Lipinski definition) is 0. The van der Waals surface area contributed by atoms with Crippen molar-refractivity contribution in [3.05, 3.63) is 18.2 Å². The van der Waals surface area contributed by atoms with Gasteiger partial charge in [-0.25, -0.2) is 9.13 Å². The van der Waals surface area contributed by atoms with E-state index in [1.54, 1.807) is 5.82 Å². The Labute approximate surface area is 285 Å². The number of aryl methyl sites for hydroxylation is 2. The Morgan fingerprint density at radius 3 is 1.07 bits per heavy atom. The van der Waals surface area contributed by atoms with E-state index in [1.807, 2.05) is 0 Å². The molecule has 0 aliphatic rings. The first-order valence-electron chi connectivity index (χ1n) is 21.4. The number of unbranched alkanes of at least 4 members (excludes halogenated alkanes) is 31. The molecule has 0 aliphatic heterocycles. The molecule has 2 heteroatoms. The summed E-state index contributed by atoms with van der Waals surface area (Å²) in [5, 5.41) is 0. The maximum atomic E-state index is 2.64. The second kappa shape index (κ2) is 34.5. The van der Waals surface area contributed by atoms with Crippen LogP contribution in [0.25, 0.3) is 0 Å². The first-order valence-corrected chi connectivity index (χ1v) is 21.4. The Morgan fingerprint density at radius 2 is 0.689 bits per heavy atom. The van der Waals surface area contributed by atoms with Gasteiger partial charge in [0.15, 0.2) is 0 Å². The Hall–Kier alpha value is -0.790. The van der Waals surface area contributed by atoms with Gasteiger partial charge in [-0.15, -0.1) is 0 Å². The third kappa shape index (κ3) is 26.9. The topological polar surface area (TPSA) is 8.81 Å². The monoisotopic (exact) mass is 630 g/mol. The van der Waals surface area contributed by atoms with E-state index in [9.17, 15) is 0 Å². The second-order valence-corrected chi connectivity index (χ2v) is 14.8. The lowest BCUT2D eigenvalue weighted by atomic mass is 10.0. The summed E-state index contributed by atoms with van der Waals surface area (Å²) in [6, 6.07) is 0. The molecule has 0 aliphatic carbocycles. The molecule has 0 bridgehead atoms. The number of aromatic nitrogens is 2. The average Bonchev–Trinajstić information content (AvgIpc) is 3.43. The minimum absolute atomic E-state index is 1.23. The maximum Gasteiger partial charge on any atom is 0.256 e. The van der Waals surface area contributed by atoms with E-state index in [0.717, 1.165) is 0 Å². The van der Waals surface area contributed by atoms with E-state index in [1.165, 1.54) is 238 Å². The minimum atomic E-state index is 1.23. The molecular weight excluding hydrogens is 544 g/mol. The number of imidazole rings is 1. The largest absolute Gasteiger partial charge is 0.256 e. The molecule has 0 fully saturated rings. The van der Waals surface area contributed by atoms with Gasteiger partial charge in [0.2, 0.25) is 0 Å². The van der Waals surface area contributed by atoms with Crippen LogP contribution in [-0.2, 0) is 19.5 Å². The highest BCUT2D eigenvalue weighted by atomic mass is 15.1. The van der Waals surface area contributed by atoms with E-state index < -0.39 is 0 Å². The van der Waals surface area contributed by atoms with Gasteiger partial charge >= 0.3 is 0 Å². The summed E-state index contributed by atoms with van der Waals surface area (Å²) in [5.41, 5.74) is 0. The second-order valence-electron chi connectivity index (χ2n) is 14.8. The molecule has 266 valence electrons. The summed E-state index contributed by atoms with van der Waals surface area (Å²) in [6.45, 7) is 9.41. The standard InChI is InChI=1S/C43H85N2/c1-4-7-10-13-16-19-21-23-25-28-31-34-37-40-45-42-41-44(43(45)38-35-32-29-26-18-15-12-9-6-3)39-36-33-30-27-24-22-20-17-14-11-8-5-2/h41-42H,4-40H2,1-3H3/q+1. The summed E-state index contributed by atoms with van der Waals surface area (Å²) >= 11 is 0. The van der Waals surface area contributed by atoms with Crippen LogP contribution in [0.4, 0.5) is 0 Å². The van der Waals surface area contributed by atoms with Crippen molar-refractivity contribution in [2.45, 2.75) is 259 Å². The number of nitrogens with zero attached hydrogens (tertiary/aromatic N) is 2. The summed E-state index contributed by atoms with van der Waals surface area (Å²) in [5.74, 6) is 1.62. The lowest BCUT2D eigenvalue weighted by molar-refractivity contribution is -0.704. The van der Waals surface area contributed by atoms with E-state index in [4.69, 9.17) is 0 Å². The molecule has 0 N–H and O–H groups in total. The van der Waals surface area contributed by atoms with Crippen LogP contribution in [0.1, 0.15) is 245 Å². The van der Waals surface area contributed by atoms with Crippen LogP contribution in [0.5, 0.6) is 0 Å². The van der Waals surface area contributed by atoms with Crippen molar-refractivity contribution in [1.82, 2.24) is 4.57 Å². The Bertz CT molecular complexity index is 692. The average molecular weight is 630 g/mol. The predicted molar refractivity (Wildman–Crippen MR) is 202 cm³/mol. The predicted octanol–water partition coefficient (Wildman–Crippen LogP) is 14.6. The van der Waals surface area contributed by atoms with Gasteiger partial charge < -0.3 is 0 Å². The van der Waals surface area contributed by atoms with Crippen molar-refractivity contribution in [3.8, 4) is 0 Å². The highest BCUT2D eigenvalue weighted by molar-refractivity contribution is 4.84. The van der Waals surface area contributed by atoms with Crippen LogP contribution in [0, 0.1) is 0 Å². The van der Waals surface area contributed by atoms with Crippen LogP contribution in [0.3, 0.4) is 0 Å². The van der Waals surface area contributed by atoms with E-state index in [2.05, 4.69) is 42.3 Å². The van der Waals surface area contributed by atoms with Crippen LogP contribution in [0.2, 0.25) is 0 Å². The first kappa shape index (κ1) is 42.2. The molecule has 1 aromatic heterocycles. The molecule has 1 rings (SSSR count). The normalized spacial score (nSPS) is 11.6. The van der Waals surface area contributed by atoms with Gasteiger partial charge in [0.25, 0.3) is 5.82 Å². The van der Waals surface area contributed by atoms with Crippen molar-refractivity contribution in [2.24, 2.45) is 0 Å². The van der Waals surface area contributed by atoms with Crippen LogP contribution >= 0.6 is 0 Å². The smallest absolute Gasteiger partial charge is 0.234 e. The van der Waals surface area contributed by atoms with E-state index >= 15 is 0 Å². The molecule has 0 spiro atoms. The minimum Gasteiger partial charge on any atom is -0.234 e. The fourth-order valence-corrected chi connectivity index (χ4v) is 7.21. The molecule has 0 saturated carbocycles. The van der Waals surface area contributed by atoms with Gasteiger partial charge in [-0.3, -0.25) is 0 Å². The van der Waals surface area contributed by atoms with Gasteiger partial charge in [-0.05, 0) is 32.1 Å². The fraction of sp³-hybridized carbons (Fsp3) is 0.930. The zero-order valence-corrected chi connectivity index (χ0v) is 31.7. The van der Waals surface area contributed by atoms with Crippen LogP contribution in [0.15, 0.2) is 12.4 Å². The first-order chi connectivity index (χ1) is 22.3. The molecule has 1 aromatic rings. The lowest BCUT2D eigenvalue weighted by Crippen LogP contribution is -2.37. The molecule has 2 nitrogen and oxygen atoms in total. The maximum absolute atomic E-state index is 2.64. The van der Waals surface area contributed by atoms with Crippen molar-refractivity contribution in [3.63, 3.8) is 0 Å². The molecule has 0 radical (unpaired) electrons. The zero-order valence-electron chi connectivity index (χ0n) is 31.7. The molecule has 45 heavy (non-hydrogen) atoms. The zero-order chi connectivity index (χ0) is 32.3. The van der Waals surface area contributed by atoms with Gasteiger partial charge in [-0.1, -0.05) is 207 Å². The van der Waals surface area contributed by atoms with Gasteiger partial charge in [-0.2, -0.15) is 0 Å². The molecule has 0 unspecified atom stereocenters. The van der Waals surface area contributed by atoms with Crippen LogP contribution in [-0.4, -0.2) is 4.57 Å². The molecule has 0 atom stereocenters.